The van der Waals surface area contributed by atoms with E-state index < -0.39 is 19.8 Å². The molecule has 0 aliphatic heterocycles. The summed E-state index contributed by atoms with van der Waals surface area (Å²) in [5.41, 5.74) is 1.54. The summed E-state index contributed by atoms with van der Waals surface area (Å²) >= 11 is 0. The SMILES string of the molecule is COc1cccc(-c2cc3c(-c4cnn(C)c4)c(C(F)(F)F)cnc3n2COCC[Si](C)(C)C)c1. The van der Waals surface area contributed by atoms with Gasteiger partial charge in [-0.05, 0) is 24.2 Å². The number of fused-ring (bicyclic) bond motifs is 1. The first-order chi connectivity index (χ1) is 16.5. The first-order valence-electron chi connectivity index (χ1n) is 11.3. The molecule has 0 fully saturated rings. The highest BCUT2D eigenvalue weighted by atomic mass is 28.3. The molecule has 1 aromatic carbocycles. The predicted octanol–water partition coefficient (Wildman–Crippen LogP) is 6.44. The number of alkyl halides is 3. The lowest BCUT2D eigenvalue weighted by atomic mass is 10.0. The number of aryl methyl sites for hydroxylation is 1. The Morgan fingerprint density at radius 1 is 1.06 bits per heavy atom. The maximum Gasteiger partial charge on any atom is 0.418 e. The molecule has 3 heterocycles. The van der Waals surface area contributed by atoms with Gasteiger partial charge < -0.3 is 14.0 Å². The summed E-state index contributed by atoms with van der Waals surface area (Å²) in [6, 6.07) is 10.1. The molecule has 0 bridgehead atoms. The van der Waals surface area contributed by atoms with Crippen molar-refractivity contribution in [2.75, 3.05) is 13.7 Å². The summed E-state index contributed by atoms with van der Waals surface area (Å²) in [5.74, 6) is 0.648. The number of hydrogen-bond donors (Lipinski definition) is 0. The summed E-state index contributed by atoms with van der Waals surface area (Å²) < 4.78 is 56.8. The zero-order valence-corrected chi connectivity index (χ0v) is 21.5. The van der Waals surface area contributed by atoms with Crippen LogP contribution in [0.1, 0.15) is 5.56 Å². The van der Waals surface area contributed by atoms with E-state index in [9.17, 15) is 13.2 Å². The molecule has 0 aliphatic carbocycles. The first kappa shape index (κ1) is 25.0. The lowest BCUT2D eigenvalue weighted by Gasteiger charge is -2.17. The topological polar surface area (TPSA) is 54.1 Å². The van der Waals surface area contributed by atoms with Crippen molar-refractivity contribution in [3.8, 4) is 28.1 Å². The van der Waals surface area contributed by atoms with Gasteiger partial charge in [0.2, 0.25) is 0 Å². The van der Waals surface area contributed by atoms with Crippen molar-refractivity contribution in [1.29, 1.82) is 0 Å². The molecule has 0 amide bonds. The molecule has 35 heavy (non-hydrogen) atoms. The molecule has 6 nitrogen and oxygen atoms in total. The summed E-state index contributed by atoms with van der Waals surface area (Å²) in [5, 5.41) is 4.49. The molecule has 0 spiro atoms. The second kappa shape index (κ2) is 9.50. The van der Waals surface area contributed by atoms with Crippen LogP contribution in [0.15, 0.2) is 48.9 Å². The van der Waals surface area contributed by atoms with Gasteiger partial charge in [-0.1, -0.05) is 31.8 Å². The Labute approximate surface area is 203 Å². The van der Waals surface area contributed by atoms with Gasteiger partial charge in [-0.2, -0.15) is 18.3 Å². The Kier molecular flexibility index (Phi) is 6.78. The molecule has 0 atom stereocenters. The number of nitrogens with zero attached hydrogens (tertiary/aromatic N) is 4. The van der Waals surface area contributed by atoms with Crippen molar-refractivity contribution < 1.29 is 22.6 Å². The highest BCUT2D eigenvalue weighted by molar-refractivity contribution is 6.76. The van der Waals surface area contributed by atoms with Crippen LogP contribution in [-0.2, 0) is 24.7 Å². The van der Waals surface area contributed by atoms with E-state index in [2.05, 4.69) is 29.7 Å². The molecule has 186 valence electrons. The summed E-state index contributed by atoms with van der Waals surface area (Å²) in [6.45, 7) is 7.55. The van der Waals surface area contributed by atoms with Crippen LogP contribution in [-0.4, -0.2) is 41.1 Å². The number of benzene rings is 1. The van der Waals surface area contributed by atoms with E-state index in [-0.39, 0.29) is 12.3 Å². The van der Waals surface area contributed by atoms with E-state index in [0.717, 1.165) is 17.8 Å². The van der Waals surface area contributed by atoms with E-state index in [4.69, 9.17) is 9.47 Å². The smallest absolute Gasteiger partial charge is 0.418 e. The van der Waals surface area contributed by atoms with Crippen LogP contribution in [0.5, 0.6) is 5.75 Å². The largest absolute Gasteiger partial charge is 0.497 e. The minimum atomic E-state index is -4.57. The fourth-order valence-electron chi connectivity index (χ4n) is 3.96. The van der Waals surface area contributed by atoms with E-state index >= 15 is 0 Å². The van der Waals surface area contributed by atoms with E-state index in [0.29, 0.717) is 34.6 Å². The van der Waals surface area contributed by atoms with Crippen molar-refractivity contribution in [3.63, 3.8) is 0 Å². The van der Waals surface area contributed by atoms with Gasteiger partial charge in [0.15, 0.2) is 0 Å². The average Bonchev–Trinajstić information content (AvgIpc) is 3.38. The van der Waals surface area contributed by atoms with E-state index in [1.54, 1.807) is 26.4 Å². The number of rotatable bonds is 8. The fraction of sp³-hybridized carbons (Fsp3) is 0.360. The molecule has 3 aromatic heterocycles. The van der Waals surface area contributed by atoms with Gasteiger partial charge in [0.05, 0.1) is 24.6 Å². The van der Waals surface area contributed by atoms with Crippen LogP contribution < -0.4 is 4.74 Å². The van der Waals surface area contributed by atoms with Crippen LogP contribution in [0.3, 0.4) is 0 Å². The third-order valence-electron chi connectivity index (χ3n) is 5.80. The van der Waals surface area contributed by atoms with E-state index in [1.807, 2.05) is 28.8 Å². The normalized spacial score (nSPS) is 12.5. The summed E-state index contributed by atoms with van der Waals surface area (Å²) in [7, 11) is 1.95. The lowest BCUT2D eigenvalue weighted by Crippen LogP contribution is -2.22. The monoisotopic (exact) mass is 502 g/mol. The quantitative estimate of drug-likeness (QED) is 0.205. The number of ether oxygens (including phenoxy) is 2. The molecular formula is C25H29F3N4O2Si. The number of halogens is 3. The maximum absolute atomic E-state index is 14.0. The van der Waals surface area contributed by atoms with Crippen molar-refractivity contribution in [2.45, 2.75) is 38.6 Å². The molecule has 0 saturated carbocycles. The van der Waals surface area contributed by atoms with Crippen molar-refractivity contribution in [3.05, 3.63) is 54.5 Å². The molecule has 10 heteroatoms. The number of pyridine rings is 1. The molecule has 0 unspecified atom stereocenters. The minimum Gasteiger partial charge on any atom is -0.497 e. The van der Waals surface area contributed by atoms with Gasteiger partial charge >= 0.3 is 6.18 Å². The van der Waals surface area contributed by atoms with Crippen LogP contribution in [0.2, 0.25) is 25.7 Å². The third-order valence-corrected chi connectivity index (χ3v) is 7.51. The Hall–Kier alpha value is -3.11. The van der Waals surface area contributed by atoms with Crippen molar-refractivity contribution >= 4 is 19.1 Å². The van der Waals surface area contributed by atoms with Crippen LogP contribution in [0.4, 0.5) is 13.2 Å². The second-order valence-corrected chi connectivity index (χ2v) is 15.3. The van der Waals surface area contributed by atoms with Crippen molar-refractivity contribution in [1.82, 2.24) is 19.3 Å². The van der Waals surface area contributed by atoms with Gasteiger partial charge in [0.25, 0.3) is 0 Å². The fourth-order valence-corrected chi connectivity index (χ4v) is 4.72. The van der Waals surface area contributed by atoms with Gasteiger partial charge in [0.1, 0.15) is 18.1 Å². The molecular weight excluding hydrogens is 473 g/mol. The lowest BCUT2D eigenvalue weighted by molar-refractivity contribution is -0.137. The Balaban J connectivity index is 1.92. The van der Waals surface area contributed by atoms with E-state index in [1.165, 1.54) is 10.9 Å². The minimum absolute atomic E-state index is 0.0561. The molecule has 0 saturated heterocycles. The first-order valence-corrected chi connectivity index (χ1v) is 15.0. The Bertz CT molecular complexity index is 1340. The number of hydrogen-bond acceptors (Lipinski definition) is 4. The molecule has 4 aromatic rings. The summed E-state index contributed by atoms with van der Waals surface area (Å²) in [6.07, 6.45) is -0.648. The standard InChI is InChI=1S/C25H29F3N4O2Si/c1-31-15-18(13-30-31)23-20-12-22(17-7-6-8-19(11-17)33-2)32(16-34-9-10-35(3,4)5)24(20)29-14-21(23)25(26,27)28/h6-8,11-15H,9-10,16H2,1-5H3. The van der Waals surface area contributed by atoms with Crippen LogP contribution in [0, 0.1) is 0 Å². The molecule has 0 radical (unpaired) electrons. The third kappa shape index (κ3) is 5.43. The van der Waals surface area contributed by atoms with Crippen LogP contribution in [0.25, 0.3) is 33.4 Å². The second-order valence-electron chi connectivity index (χ2n) is 9.72. The maximum atomic E-state index is 14.0. The predicted molar refractivity (Wildman–Crippen MR) is 133 cm³/mol. The highest BCUT2D eigenvalue weighted by Gasteiger charge is 2.36. The van der Waals surface area contributed by atoms with Gasteiger partial charge in [-0.25, -0.2) is 4.98 Å². The van der Waals surface area contributed by atoms with Gasteiger partial charge in [0, 0.05) is 56.2 Å². The number of methoxy groups -OCH3 is 1. The molecule has 0 N–H and O–H groups in total. The molecule has 4 rings (SSSR count). The Morgan fingerprint density at radius 2 is 1.83 bits per heavy atom. The van der Waals surface area contributed by atoms with Gasteiger partial charge in [-0.3, -0.25) is 4.68 Å². The van der Waals surface area contributed by atoms with Crippen molar-refractivity contribution in [2.24, 2.45) is 7.05 Å². The highest BCUT2D eigenvalue weighted by Crippen LogP contribution is 2.42. The van der Waals surface area contributed by atoms with Crippen LogP contribution >= 0.6 is 0 Å². The zero-order valence-electron chi connectivity index (χ0n) is 20.5. The molecule has 0 aliphatic rings. The van der Waals surface area contributed by atoms with Gasteiger partial charge in [-0.15, -0.1) is 0 Å². The average molecular weight is 503 g/mol. The number of aromatic nitrogens is 4. The summed E-state index contributed by atoms with van der Waals surface area (Å²) in [4.78, 5) is 4.27. The zero-order chi connectivity index (χ0) is 25.4. The Morgan fingerprint density at radius 3 is 2.46 bits per heavy atom.